The molecule has 200 valence electrons. The molecule has 2 aromatic rings. The number of nitrogens with zero attached hydrogens (tertiary/aromatic N) is 2. The summed E-state index contributed by atoms with van der Waals surface area (Å²) < 4.78 is 11.4. The van der Waals surface area contributed by atoms with Crippen molar-refractivity contribution in [2.24, 2.45) is 5.92 Å². The van der Waals surface area contributed by atoms with Gasteiger partial charge >= 0.3 is 0 Å². The smallest absolute Gasteiger partial charge is 0.295 e. The number of carbonyl (C=O) groups is 2. The first kappa shape index (κ1) is 28.1. The zero-order valence-electron chi connectivity index (χ0n) is 22.4. The van der Waals surface area contributed by atoms with E-state index in [2.05, 4.69) is 4.90 Å². The predicted molar refractivity (Wildman–Crippen MR) is 143 cm³/mol. The maximum absolute atomic E-state index is 13.3. The van der Waals surface area contributed by atoms with Gasteiger partial charge in [-0.25, -0.2) is 0 Å². The van der Waals surface area contributed by atoms with Gasteiger partial charge in [-0.15, -0.1) is 0 Å². The second-order valence-electron chi connectivity index (χ2n) is 9.41. The summed E-state index contributed by atoms with van der Waals surface area (Å²) in [7, 11) is 0. The number of rotatable bonds is 12. The average Bonchev–Trinajstić information content (AvgIpc) is 3.14. The first-order valence-electron chi connectivity index (χ1n) is 12.9. The van der Waals surface area contributed by atoms with Crippen LogP contribution in [0.3, 0.4) is 0 Å². The molecular formula is C29H38N2O6. The molecule has 3 rings (SSSR count). The zero-order valence-corrected chi connectivity index (χ0v) is 22.4. The largest absolute Gasteiger partial charge is 0.507 e. The molecule has 1 saturated heterocycles. The molecule has 1 atom stereocenters. The van der Waals surface area contributed by atoms with Crippen molar-refractivity contribution >= 4 is 17.4 Å². The Morgan fingerprint density at radius 1 is 1.05 bits per heavy atom. The minimum absolute atomic E-state index is 0.00121. The summed E-state index contributed by atoms with van der Waals surface area (Å²) in [5.41, 5.74) is 0.948. The van der Waals surface area contributed by atoms with Gasteiger partial charge in [0.05, 0.1) is 24.8 Å². The highest BCUT2D eigenvalue weighted by Gasteiger charge is 2.46. The third kappa shape index (κ3) is 6.43. The number of ketones is 1. The number of phenolic OH excluding ortho intramolecular Hbond substituents is 1. The van der Waals surface area contributed by atoms with Gasteiger partial charge < -0.3 is 29.5 Å². The molecule has 0 aromatic heterocycles. The van der Waals surface area contributed by atoms with Crippen LogP contribution < -0.4 is 9.47 Å². The third-order valence-corrected chi connectivity index (χ3v) is 6.38. The number of aromatic hydroxyl groups is 1. The Bertz CT molecular complexity index is 1140. The van der Waals surface area contributed by atoms with Crippen LogP contribution in [0.5, 0.6) is 17.2 Å². The maximum atomic E-state index is 13.3. The fraction of sp³-hybridized carbons (Fsp3) is 0.448. The molecule has 1 aliphatic heterocycles. The topological polar surface area (TPSA) is 99.5 Å². The first-order valence-corrected chi connectivity index (χ1v) is 12.9. The molecule has 37 heavy (non-hydrogen) atoms. The number of ether oxygens (including phenoxy) is 2. The van der Waals surface area contributed by atoms with Crippen LogP contribution in [0, 0.1) is 5.92 Å². The van der Waals surface area contributed by atoms with Crippen LogP contribution >= 0.6 is 0 Å². The number of benzene rings is 2. The van der Waals surface area contributed by atoms with Crippen molar-refractivity contribution in [2.45, 2.75) is 40.7 Å². The number of hydrogen-bond donors (Lipinski definition) is 2. The summed E-state index contributed by atoms with van der Waals surface area (Å²) in [5, 5.41) is 21.6. The number of Topliss-reactive ketones (excluding diaryl/α,β-unsaturated/α-hetero) is 1. The number of likely N-dealkylation sites (N-methyl/N-ethyl adjacent to an activating group) is 1. The minimum atomic E-state index is -0.837. The van der Waals surface area contributed by atoms with Crippen LogP contribution in [0.1, 0.15) is 51.8 Å². The molecule has 1 heterocycles. The number of carbonyl (C=O) groups excluding carboxylic acids is 2. The molecule has 1 aliphatic rings. The van der Waals surface area contributed by atoms with E-state index in [4.69, 9.17) is 9.47 Å². The molecule has 1 amide bonds. The zero-order chi connectivity index (χ0) is 27.1. The summed E-state index contributed by atoms with van der Waals surface area (Å²) in [5.74, 6) is -0.594. The van der Waals surface area contributed by atoms with Crippen molar-refractivity contribution in [2.75, 3.05) is 39.4 Å². The van der Waals surface area contributed by atoms with Crippen molar-refractivity contribution in [3.8, 4) is 17.2 Å². The standard InChI is InChI=1S/C29H38N2O6/c1-6-30(7-2)14-15-31-26(20-12-13-23(32)24(17-20)36-8-3)25(28(34)29(31)35)27(33)21-10-9-11-22(16-21)37-18-19(4)5/h9-13,16-17,19,26,32-33H,6-8,14-15,18H2,1-5H3/b27-25-. The number of phenols is 1. The van der Waals surface area contributed by atoms with Crippen molar-refractivity contribution in [3.63, 3.8) is 0 Å². The number of amides is 1. The van der Waals surface area contributed by atoms with Gasteiger partial charge in [0.1, 0.15) is 11.5 Å². The van der Waals surface area contributed by atoms with Gasteiger partial charge in [-0.05, 0) is 55.8 Å². The van der Waals surface area contributed by atoms with Gasteiger partial charge in [0.25, 0.3) is 11.7 Å². The monoisotopic (exact) mass is 510 g/mol. The molecule has 0 aliphatic carbocycles. The van der Waals surface area contributed by atoms with Crippen LogP contribution in [-0.2, 0) is 9.59 Å². The molecule has 8 nitrogen and oxygen atoms in total. The first-order chi connectivity index (χ1) is 17.7. The highest BCUT2D eigenvalue weighted by molar-refractivity contribution is 6.46. The molecule has 0 saturated carbocycles. The molecule has 2 aromatic carbocycles. The van der Waals surface area contributed by atoms with E-state index in [1.165, 1.54) is 11.0 Å². The summed E-state index contributed by atoms with van der Waals surface area (Å²) >= 11 is 0. The van der Waals surface area contributed by atoms with Gasteiger partial charge in [-0.2, -0.15) is 0 Å². The lowest BCUT2D eigenvalue weighted by Gasteiger charge is -2.28. The SMILES string of the molecule is CCOc1cc(C2/C(=C(/O)c3cccc(OCC(C)C)c3)C(=O)C(=O)N2CCN(CC)CC)ccc1O. The van der Waals surface area contributed by atoms with Crippen molar-refractivity contribution in [1.82, 2.24) is 9.80 Å². The summed E-state index contributed by atoms with van der Waals surface area (Å²) in [6, 6.07) is 10.8. The lowest BCUT2D eigenvalue weighted by molar-refractivity contribution is -0.140. The highest BCUT2D eigenvalue weighted by atomic mass is 16.5. The van der Waals surface area contributed by atoms with Crippen LogP contribution in [0.15, 0.2) is 48.0 Å². The van der Waals surface area contributed by atoms with E-state index in [1.54, 1.807) is 43.3 Å². The molecule has 0 radical (unpaired) electrons. The van der Waals surface area contributed by atoms with Crippen LogP contribution in [0.4, 0.5) is 0 Å². The van der Waals surface area contributed by atoms with E-state index in [1.807, 2.05) is 27.7 Å². The summed E-state index contributed by atoms with van der Waals surface area (Å²) in [6.07, 6.45) is 0. The quantitative estimate of drug-likeness (QED) is 0.245. The van der Waals surface area contributed by atoms with E-state index >= 15 is 0 Å². The van der Waals surface area contributed by atoms with Gasteiger partial charge in [-0.3, -0.25) is 9.59 Å². The van der Waals surface area contributed by atoms with Gasteiger partial charge in [0, 0.05) is 18.7 Å². The molecule has 1 fully saturated rings. The Labute approximate surface area is 219 Å². The molecule has 2 N–H and O–H groups in total. The van der Waals surface area contributed by atoms with E-state index in [0.717, 1.165) is 13.1 Å². The fourth-order valence-electron chi connectivity index (χ4n) is 4.37. The molecule has 1 unspecified atom stereocenters. The summed E-state index contributed by atoms with van der Waals surface area (Å²) in [4.78, 5) is 30.2. The van der Waals surface area contributed by atoms with Gasteiger partial charge in [0.15, 0.2) is 11.5 Å². The summed E-state index contributed by atoms with van der Waals surface area (Å²) in [6.45, 7) is 13.3. The third-order valence-electron chi connectivity index (χ3n) is 6.38. The van der Waals surface area contributed by atoms with E-state index in [9.17, 15) is 19.8 Å². The Morgan fingerprint density at radius 3 is 2.43 bits per heavy atom. The van der Waals surface area contributed by atoms with Crippen LogP contribution in [0.2, 0.25) is 0 Å². The Balaban J connectivity index is 2.11. The predicted octanol–water partition coefficient (Wildman–Crippen LogP) is 4.59. The minimum Gasteiger partial charge on any atom is -0.507 e. The molecule has 0 bridgehead atoms. The second-order valence-corrected chi connectivity index (χ2v) is 9.41. The lowest BCUT2D eigenvalue weighted by Crippen LogP contribution is -2.38. The normalized spacial score (nSPS) is 17.2. The lowest BCUT2D eigenvalue weighted by atomic mass is 9.95. The molecule has 0 spiro atoms. The Kier molecular flexibility index (Phi) is 9.58. The number of likely N-dealkylation sites (tertiary alicyclic amines) is 1. The van der Waals surface area contributed by atoms with Crippen molar-refractivity contribution in [3.05, 3.63) is 59.2 Å². The van der Waals surface area contributed by atoms with E-state index < -0.39 is 17.7 Å². The average molecular weight is 511 g/mol. The van der Waals surface area contributed by atoms with E-state index in [0.29, 0.717) is 49.1 Å². The van der Waals surface area contributed by atoms with Gasteiger partial charge in [0.2, 0.25) is 0 Å². The number of aliphatic hydroxyl groups is 1. The molecule has 8 heteroatoms. The highest BCUT2D eigenvalue weighted by Crippen LogP contribution is 2.42. The van der Waals surface area contributed by atoms with Crippen molar-refractivity contribution in [1.29, 1.82) is 0 Å². The number of aliphatic hydroxyl groups excluding tert-OH is 1. The maximum Gasteiger partial charge on any atom is 0.295 e. The molecular weight excluding hydrogens is 472 g/mol. The number of hydrogen-bond acceptors (Lipinski definition) is 7. The Morgan fingerprint density at radius 2 is 1.78 bits per heavy atom. The fourth-order valence-corrected chi connectivity index (χ4v) is 4.37. The van der Waals surface area contributed by atoms with Crippen molar-refractivity contribution < 1.29 is 29.3 Å². The van der Waals surface area contributed by atoms with Crippen LogP contribution in [-0.4, -0.2) is 71.1 Å². The second kappa shape index (κ2) is 12.6. The Hall–Kier alpha value is -3.52. The van der Waals surface area contributed by atoms with E-state index in [-0.39, 0.29) is 22.8 Å². The van der Waals surface area contributed by atoms with Gasteiger partial charge in [-0.1, -0.05) is 45.9 Å². The van der Waals surface area contributed by atoms with Crippen LogP contribution in [0.25, 0.3) is 5.76 Å².